The van der Waals surface area contributed by atoms with Crippen molar-refractivity contribution in [1.82, 2.24) is 30.2 Å². The number of nitrogens with zero attached hydrogens (tertiary/aromatic N) is 3. The molecule has 2 aromatic heterocycles. The maximum atomic E-state index is 13.2. The second-order valence-corrected chi connectivity index (χ2v) is 14.3. The molecule has 1 aliphatic rings. The Labute approximate surface area is 362 Å². The molecule has 3 amide bonds. The average molecular weight is 886 g/mol. The molecule has 7 rings (SSSR count). The van der Waals surface area contributed by atoms with E-state index in [9.17, 15) is 37.5 Å². The van der Waals surface area contributed by atoms with E-state index in [1.165, 1.54) is 10.9 Å². The molecule has 4 aromatic carbocycles. The fraction of sp³-hybridized carbons (Fsp3) is 0.273. The van der Waals surface area contributed by atoms with Gasteiger partial charge in [-0.1, -0.05) is 91.0 Å². The number of methoxy groups -OCH3 is 1. The summed E-state index contributed by atoms with van der Waals surface area (Å²) in [5.41, 5.74) is -0.106. The van der Waals surface area contributed by atoms with E-state index in [2.05, 4.69) is 25.6 Å². The summed E-state index contributed by atoms with van der Waals surface area (Å²) in [6.45, 7) is -2.33. The van der Waals surface area contributed by atoms with E-state index < -0.39 is 79.4 Å². The van der Waals surface area contributed by atoms with Crippen molar-refractivity contribution in [2.24, 2.45) is 0 Å². The highest BCUT2D eigenvalue weighted by atomic mass is 19.4. The third-order valence-electron chi connectivity index (χ3n) is 10.1. The van der Waals surface area contributed by atoms with Crippen molar-refractivity contribution >= 4 is 34.8 Å². The van der Waals surface area contributed by atoms with Gasteiger partial charge in [-0.15, -0.1) is 0 Å². The Morgan fingerprint density at radius 3 is 2.05 bits per heavy atom. The number of H-pyrrole nitrogens is 1. The van der Waals surface area contributed by atoms with Crippen LogP contribution in [-0.4, -0.2) is 107 Å². The number of hydrogen-bond donors (Lipinski definition) is 5. The summed E-state index contributed by atoms with van der Waals surface area (Å²) in [5.74, 6) is -2.84. The second kappa shape index (κ2) is 19.9. The van der Waals surface area contributed by atoms with Crippen LogP contribution in [-0.2, 0) is 34.2 Å². The molecule has 1 saturated heterocycles. The number of carbonyl (C=O) groups is 3. The molecule has 3 heterocycles. The summed E-state index contributed by atoms with van der Waals surface area (Å²) in [6, 6.07) is 34.7. The molecule has 20 heteroatoms. The average Bonchev–Trinajstić information content (AvgIpc) is 3.87. The van der Waals surface area contributed by atoms with Crippen LogP contribution in [0, 0.1) is 0 Å². The monoisotopic (exact) mass is 885 g/mol. The number of aliphatic hydroxyl groups excluding tert-OH is 1. The van der Waals surface area contributed by atoms with Gasteiger partial charge in [0.05, 0.1) is 20.0 Å². The quantitative estimate of drug-likeness (QED) is 0.0619. The third-order valence-corrected chi connectivity index (χ3v) is 10.1. The molecule has 4 atom stereocenters. The molecular weight excluding hydrogens is 844 g/mol. The summed E-state index contributed by atoms with van der Waals surface area (Å²) in [7, 11) is 1.55. The predicted octanol–water partition coefficient (Wildman–Crippen LogP) is 3.59. The van der Waals surface area contributed by atoms with Gasteiger partial charge >= 0.3 is 12.1 Å². The molecule has 64 heavy (non-hydrogen) atoms. The van der Waals surface area contributed by atoms with Gasteiger partial charge in [0.1, 0.15) is 42.0 Å². The van der Waals surface area contributed by atoms with E-state index in [0.29, 0.717) is 17.1 Å². The number of para-hydroxylation sites is 1. The van der Waals surface area contributed by atoms with E-state index >= 15 is 0 Å². The van der Waals surface area contributed by atoms with Gasteiger partial charge in [-0.25, -0.2) is 4.98 Å². The normalized spacial score (nSPS) is 17.5. The zero-order chi connectivity index (χ0) is 45.3. The first-order valence-corrected chi connectivity index (χ1v) is 19.8. The number of anilines is 1. The van der Waals surface area contributed by atoms with Crippen LogP contribution in [0.3, 0.4) is 0 Å². The summed E-state index contributed by atoms with van der Waals surface area (Å²) in [5, 5.41) is 18.5. The van der Waals surface area contributed by atoms with Gasteiger partial charge in [-0.3, -0.25) is 34.0 Å². The lowest BCUT2D eigenvalue weighted by Crippen LogP contribution is -2.43. The number of ether oxygens (including phenoxy) is 5. The number of rotatable bonds is 18. The van der Waals surface area contributed by atoms with Gasteiger partial charge in [-0.2, -0.15) is 18.2 Å². The minimum absolute atomic E-state index is 0.0959. The number of aromatic nitrogens is 4. The standard InChI is InChI=1S/C44H42F3N7O10/c1-60-30-19-17-29(18-20-30)43(27-11-5-2-6-12-27,28-13-7-3-8-14-28)63-23-32-36(57)37(62-24-33(55)48-21-22-49-41(59)44(45,46)47)40(64-32)54-26-50-35-38(54)52-42(53-39(35)58)51-34(56)25-61-31-15-9-4-10-16-31/h2-20,26,32,36-37,40,57H,21-25H2,1H3,(H,48,55)(H,49,59)(H2,51,52,53,56,58)/t32-,36-,37-,40-/m1/s1. The van der Waals surface area contributed by atoms with Crippen molar-refractivity contribution in [1.29, 1.82) is 0 Å². The van der Waals surface area contributed by atoms with Crippen LogP contribution in [0.15, 0.2) is 126 Å². The van der Waals surface area contributed by atoms with Crippen molar-refractivity contribution in [3.8, 4) is 11.5 Å². The van der Waals surface area contributed by atoms with Crippen LogP contribution in [0.5, 0.6) is 11.5 Å². The second-order valence-electron chi connectivity index (χ2n) is 14.3. The van der Waals surface area contributed by atoms with Gasteiger partial charge in [0.25, 0.3) is 11.5 Å². The number of aliphatic hydroxyl groups is 1. The smallest absolute Gasteiger partial charge is 0.471 e. The van der Waals surface area contributed by atoms with Gasteiger partial charge in [0.2, 0.25) is 11.9 Å². The number of alkyl halides is 3. The molecule has 5 N–H and O–H groups in total. The molecule has 0 saturated carbocycles. The van der Waals surface area contributed by atoms with Crippen molar-refractivity contribution in [3.63, 3.8) is 0 Å². The first kappa shape index (κ1) is 44.9. The molecule has 0 bridgehead atoms. The zero-order valence-electron chi connectivity index (χ0n) is 34.0. The molecule has 17 nitrogen and oxygen atoms in total. The fourth-order valence-corrected chi connectivity index (χ4v) is 7.09. The topological polar surface area (TPSA) is 217 Å². The van der Waals surface area contributed by atoms with Crippen molar-refractivity contribution in [3.05, 3.63) is 149 Å². The molecule has 334 valence electrons. The van der Waals surface area contributed by atoms with Gasteiger partial charge < -0.3 is 39.4 Å². The summed E-state index contributed by atoms with van der Waals surface area (Å²) < 4.78 is 69.5. The number of imidazole rings is 1. The first-order valence-electron chi connectivity index (χ1n) is 19.8. The largest absolute Gasteiger partial charge is 0.497 e. The fourth-order valence-electron chi connectivity index (χ4n) is 7.09. The lowest BCUT2D eigenvalue weighted by molar-refractivity contribution is -0.173. The number of hydrogen-bond acceptors (Lipinski definition) is 12. The van der Waals surface area contributed by atoms with E-state index in [0.717, 1.165) is 11.1 Å². The van der Waals surface area contributed by atoms with Crippen LogP contribution in [0.4, 0.5) is 19.1 Å². The minimum atomic E-state index is -5.10. The van der Waals surface area contributed by atoms with Crippen LogP contribution >= 0.6 is 0 Å². The number of halogens is 3. The number of aromatic amines is 1. The number of benzene rings is 4. The van der Waals surface area contributed by atoms with Crippen molar-refractivity contribution in [2.45, 2.75) is 36.3 Å². The van der Waals surface area contributed by atoms with Crippen LogP contribution in [0.1, 0.15) is 22.9 Å². The lowest BCUT2D eigenvalue weighted by atomic mass is 9.80. The molecule has 0 radical (unpaired) electrons. The highest BCUT2D eigenvalue weighted by Crippen LogP contribution is 2.43. The number of amides is 3. The maximum Gasteiger partial charge on any atom is 0.471 e. The zero-order valence-corrected chi connectivity index (χ0v) is 34.0. The number of carbonyl (C=O) groups excluding carboxylic acids is 3. The number of nitrogens with one attached hydrogen (secondary N) is 4. The van der Waals surface area contributed by atoms with Gasteiger partial charge in [0.15, 0.2) is 24.0 Å². The van der Waals surface area contributed by atoms with E-state index in [-0.39, 0.29) is 30.3 Å². The Bertz CT molecular complexity index is 2540. The van der Waals surface area contributed by atoms with E-state index in [1.54, 1.807) is 54.9 Å². The highest BCUT2D eigenvalue weighted by Gasteiger charge is 2.48. The van der Waals surface area contributed by atoms with E-state index in [4.69, 9.17) is 23.7 Å². The Kier molecular flexibility index (Phi) is 14.0. The predicted molar refractivity (Wildman–Crippen MR) is 222 cm³/mol. The molecule has 1 fully saturated rings. The van der Waals surface area contributed by atoms with Gasteiger partial charge in [-0.05, 0) is 41.0 Å². The Balaban J connectivity index is 1.18. The molecule has 6 aromatic rings. The third kappa shape index (κ3) is 10.2. The van der Waals surface area contributed by atoms with Crippen molar-refractivity contribution < 1.29 is 56.3 Å². The Morgan fingerprint density at radius 2 is 1.42 bits per heavy atom. The summed E-state index contributed by atoms with van der Waals surface area (Å²) in [6.07, 6.45) is -9.32. The lowest BCUT2D eigenvalue weighted by Gasteiger charge is -2.37. The molecular formula is C44H42F3N7O10. The SMILES string of the molecule is COc1ccc(C(OC[C@H]2O[C@@H](n3cnc4c(=O)[nH]c(NC(=O)COc5ccccc5)nc43)[C@H](OCC(=O)NCCNC(=O)C(F)(F)F)[C@@H]2O)(c2ccccc2)c2ccccc2)cc1. The van der Waals surface area contributed by atoms with Crippen LogP contribution in [0.25, 0.3) is 11.2 Å². The minimum Gasteiger partial charge on any atom is -0.497 e. The highest BCUT2D eigenvalue weighted by molar-refractivity contribution is 5.90. The molecule has 0 unspecified atom stereocenters. The Hall–Kier alpha value is -7.13. The summed E-state index contributed by atoms with van der Waals surface area (Å²) >= 11 is 0. The van der Waals surface area contributed by atoms with Crippen molar-refractivity contribution in [2.75, 3.05) is 45.3 Å². The van der Waals surface area contributed by atoms with E-state index in [1.807, 2.05) is 72.8 Å². The maximum absolute atomic E-state index is 13.2. The molecule has 0 aliphatic carbocycles. The summed E-state index contributed by atoms with van der Waals surface area (Å²) in [4.78, 5) is 61.2. The Morgan fingerprint density at radius 1 is 0.812 bits per heavy atom. The molecule has 0 spiro atoms. The van der Waals surface area contributed by atoms with Crippen LogP contribution < -0.4 is 31.0 Å². The van der Waals surface area contributed by atoms with Crippen LogP contribution in [0.2, 0.25) is 0 Å². The first-order chi connectivity index (χ1) is 30.9. The number of fused-ring (bicyclic) bond motifs is 1. The van der Waals surface area contributed by atoms with Gasteiger partial charge in [0, 0.05) is 13.1 Å². The molecule has 1 aliphatic heterocycles.